The van der Waals surface area contributed by atoms with Gasteiger partial charge in [-0.15, -0.1) is 0 Å². The standard InChI is InChI=1S/C26H37N3O/c1-20-17-24(26-5-4-12-28(26)3)10-11-25(20)23-8-6-22(7-9-23)18-27-21(2)19-29-13-15-30-16-14-29/h6-11,17,21,26-27H,4-5,12-16,18-19H2,1-3H3. The number of hydrogen-bond acceptors (Lipinski definition) is 4. The third kappa shape index (κ3) is 5.30. The maximum Gasteiger partial charge on any atom is 0.0594 e. The predicted molar refractivity (Wildman–Crippen MR) is 125 cm³/mol. The fraction of sp³-hybridized carbons (Fsp3) is 0.538. The smallest absolute Gasteiger partial charge is 0.0594 e. The molecular weight excluding hydrogens is 370 g/mol. The van der Waals surface area contributed by atoms with Gasteiger partial charge in [-0.05, 0) is 68.1 Å². The zero-order valence-electron chi connectivity index (χ0n) is 18.9. The van der Waals surface area contributed by atoms with Crippen LogP contribution in [-0.4, -0.2) is 62.3 Å². The molecular formula is C26H37N3O. The van der Waals surface area contributed by atoms with Crippen LogP contribution in [0.5, 0.6) is 0 Å². The summed E-state index contributed by atoms with van der Waals surface area (Å²) < 4.78 is 5.44. The van der Waals surface area contributed by atoms with Crippen molar-refractivity contribution in [3.05, 3.63) is 59.2 Å². The highest BCUT2D eigenvalue weighted by molar-refractivity contribution is 5.68. The van der Waals surface area contributed by atoms with Gasteiger partial charge in [-0.3, -0.25) is 9.80 Å². The van der Waals surface area contributed by atoms with Crippen LogP contribution in [0.25, 0.3) is 11.1 Å². The number of likely N-dealkylation sites (tertiary alicyclic amines) is 1. The fourth-order valence-electron chi connectivity index (χ4n) is 4.88. The van der Waals surface area contributed by atoms with Gasteiger partial charge in [-0.1, -0.05) is 42.5 Å². The van der Waals surface area contributed by atoms with Crippen molar-refractivity contribution in [2.24, 2.45) is 0 Å². The molecule has 4 heteroatoms. The van der Waals surface area contributed by atoms with E-state index in [1.54, 1.807) is 0 Å². The molecule has 2 aliphatic rings. The van der Waals surface area contributed by atoms with Crippen LogP contribution < -0.4 is 5.32 Å². The first-order valence-electron chi connectivity index (χ1n) is 11.5. The van der Waals surface area contributed by atoms with Crippen molar-refractivity contribution < 1.29 is 4.74 Å². The predicted octanol–water partition coefficient (Wildman–Crippen LogP) is 4.24. The molecule has 2 aromatic rings. The van der Waals surface area contributed by atoms with Crippen molar-refractivity contribution >= 4 is 0 Å². The summed E-state index contributed by atoms with van der Waals surface area (Å²) in [6.07, 6.45) is 2.59. The van der Waals surface area contributed by atoms with E-state index in [-0.39, 0.29) is 0 Å². The van der Waals surface area contributed by atoms with Crippen molar-refractivity contribution in [1.29, 1.82) is 0 Å². The number of rotatable bonds is 7. The Hall–Kier alpha value is -1.72. The van der Waals surface area contributed by atoms with Crippen LogP contribution in [0.3, 0.4) is 0 Å². The zero-order chi connectivity index (χ0) is 20.9. The van der Waals surface area contributed by atoms with E-state index in [1.807, 2.05) is 0 Å². The van der Waals surface area contributed by atoms with Gasteiger partial charge in [-0.25, -0.2) is 0 Å². The normalized spacial score (nSPS) is 21.8. The summed E-state index contributed by atoms with van der Waals surface area (Å²) in [5.74, 6) is 0. The van der Waals surface area contributed by atoms with E-state index < -0.39 is 0 Å². The van der Waals surface area contributed by atoms with E-state index >= 15 is 0 Å². The van der Waals surface area contributed by atoms with Gasteiger partial charge >= 0.3 is 0 Å². The minimum atomic E-state index is 0.478. The summed E-state index contributed by atoms with van der Waals surface area (Å²) in [6.45, 7) is 11.6. The summed E-state index contributed by atoms with van der Waals surface area (Å²) in [5, 5.41) is 3.67. The van der Waals surface area contributed by atoms with Gasteiger partial charge in [0.15, 0.2) is 0 Å². The van der Waals surface area contributed by atoms with E-state index in [1.165, 1.54) is 47.2 Å². The third-order valence-corrected chi connectivity index (χ3v) is 6.71. The maximum atomic E-state index is 5.44. The number of morpholine rings is 1. The average molecular weight is 408 g/mol. The molecule has 2 atom stereocenters. The molecule has 30 heavy (non-hydrogen) atoms. The van der Waals surface area contributed by atoms with Crippen molar-refractivity contribution in [3.8, 4) is 11.1 Å². The van der Waals surface area contributed by atoms with E-state index in [4.69, 9.17) is 4.74 Å². The molecule has 2 unspecified atom stereocenters. The molecule has 0 aliphatic carbocycles. The Morgan fingerprint density at radius 1 is 1.07 bits per heavy atom. The van der Waals surface area contributed by atoms with Crippen LogP contribution in [0, 0.1) is 6.92 Å². The summed E-state index contributed by atoms with van der Waals surface area (Å²) in [6, 6.07) is 17.2. The first-order chi connectivity index (χ1) is 14.6. The Kier molecular flexibility index (Phi) is 7.21. The molecule has 0 bridgehead atoms. The van der Waals surface area contributed by atoms with Crippen LogP contribution in [-0.2, 0) is 11.3 Å². The highest BCUT2D eigenvalue weighted by Crippen LogP contribution is 2.33. The van der Waals surface area contributed by atoms with Crippen LogP contribution in [0.2, 0.25) is 0 Å². The van der Waals surface area contributed by atoms with Crippen LogP contribution in [0.15, 0.2) is 42.5 Å². The maximum absolute atomic E-state index is 5.44. The SMILES string of the molecule is Cc1cc(C2CCCN2C)ccc1-c1ccc(CNC(C)CN2CCOCC2)cc1. The lowest BCUT2D eigenvalue weighted by Crippen LogP contribution is -2.44. The monoisotopic (exact) mass is 407 g/mol. The van der Waals surface area contributed by atoms with Gasteiger partial charge in [-0.2, -0.15) is 0 Å². The first kappa shape index (κ1) is 21.5. The zero-order valence-corrected chi connectivity index (χ0v) is 18.9. The van der Waals surface area contributed by atoms with Crippen molar-refractivity contribution in [1.82, 2.24) is 15.1 Å². The number of aryl methyl sites for hydroxylation is 1. The molecule has 2 fully saturated rings. The number of hydrogen-bond donors (Lipinski definition) is 1. The Morgan fingerprint density at radius 2 is 1.83 bits per heavy atom. The Bertz CT molecular complexity index is 814. The van der Waals surface area contributed by atoms with Crippen molar-refractivity contribution in [2.45, 2.75) is 45.3 Å². The second-order valence-electron chi connectivity index (χ2n) is 9.10. The topological polar surface area (TPSA) is 27.7 Å². The minimum Gasteiger partial charge on any atom is -0.379 e. The second-order valence-corrected chi connectivity index (χ2v) is 9.10. The summed E-state index contributed by atoms with van der Waals surface area (Å²) >= 11 is 0. The molecule has 2 aromatic carbocycles. The largest absolute Gasteiger partial charge is 0.379 e. The van der Waals surface area contributed by atoms with Gasteiger partial charge in [0.2, 0.25) is 0 Å². The molecule has 2 heterocycles. The molecule has 0 spiro atoms. The third-order valence-electron chi connectivity index (χ3n) is 6.71. The van der Waals surface area contributed by atoms with Gasteiger partial charge in [0.05, 0.1) is 13.2 Å². The number of benzene rings is 2. The number of ether oxygens (including phenoxy) is 1. The molecule has 4 nitrogen and oxygen atoms in total. The van der Waals surface area contributed by atoms with Gasteiger partial charge in [0.25, 0.3) is 0 Å². The van der Waals surface area contributed by atoms with E-state index in [9.17, 15) is 0 Å². The summed E-state index contributed by atoms with van der Waals surface area (Å²) in [5.41, 5.74) is 6.84. The van der Waals surface area contributed by atoms with E-state index in [0.717, 1.165) is 39.4 Å². The van der Waals surface area contributed by atoms with Gasteiger partial charge < -0.3 is 10.1 Å². The molecule has 1 N–H and O–H groups in total. The van der Waals surface area contributed by atoms with Crippen LogP contribution in [0.4, 0.5) is 0 Å². The van der Waals surface area contributed by atoms with E-state index in [2.05, 4.69) is 78.5 Å². The molecule has 2 saturated heterocycles. The Labute approximate surface area is 182 Å². The molecule has 0 saturated carbocycles. The summed E-state index contributed by atoms with van der Waals surface area (Å²) in [7, 11) is 2.25. The number of nitrogens with one attached hydrogen (secondary N) is 1. The quantitative estimate of drug-likeness (QED) is 0.743. The molecule has 2 aliphatic heterocycles. The fourth-order valence-corrected chi connectivity index (χ4v) is 4.88. The average Bonchev–Trinajstić information content (AvgIpc) is 3.19. The first-order valence-corrected chi connectivity index (χ1v) is 11.5. The summed E-state index contributed by atoms with van der Waals surface area (Å²) in [4.78, 5) is 4.97. The van der Waals surface area contributed by atoms with Crippen molar-refractivity contribution in [3.63, 3.8) is 0 Å². The molecule has 162 valence electrons. The lowest BCUT2D eigenvalue weighted by atomic mass is 9.94. The minimum absolute atomic E-state index is 0.478. The molecule has 0 aromatic heterocycles. The Balaban J connectivity index is 1.34. The van der Waals surface area contributed by atoms with E-state index in [0.29, 0.717) is 12.1 Å². The molecule has 0 amide bonds. The van der Waals surface area contributed by atoms with Crippen LogP contribution in [0.1, 0.15) is 42.5 Å². The highest BCUT2D eigenvalue weighted by atomic mass is 16.5. The Morgan fingerprint density at radius 3 is 2.50 bits per heavy atom. The highest BCUT2D eigenvalue weighted by Gasteiger charge is 2.22. The number of nitrogens with zero attached hydrogens (tertiary/aromatic N) is 2. The van der Waals surface area contributed by atoms with Crippen LogP contribution >= 0.6 is 0 Å². The molecule has 4 rings (SSSR count). The molecule has 0 radical (unpaired) electrons. The lowest BCUT2D eigenvalue weighted by Gasteiger charge is -2.29. The van der Waals surface area contributed by atoms with Gasteiger partial charge in [0, 0.05) is 38.3 Å². The lowest BCUT2D eigenvalue weighted by molar-refractivity contribution is 0.0343. The van der Waals surface area contributed by atoms with Crippen molar-refractivity contribution in [2.75, 3.05) is 46.4 Å². The van der Waals surface area contributed by atoms with Gasteiger partial charge in [0.1, 0.15) is 0 Å². The second kappa shape index (κ2) is 10.1.